The van der Waals surface area contributed by atoms with Crippen molar-refractivity contribution in [3.63, 3.8) is 0 Å². The van der Waals surface area contributed by atoms with Crippen LogP contribution in [0.3, 0.4) is 0 Å². The lowest BCUT2D eigenvalue weighted by Crippen LogP contribution is -2.17. The fourth-order valence-corrected chi connectivity index (χ4v) is 3.61. The Hall–Kier alpha value is -3.97. The van der Waals surface area contributed by atoms with Gasteiger partial charge in [-0.1, -0.05) is 52.3 Å². The van der Waals surface area contributed by atoms with Gasteiger partial charge >= 0.3 is 5.97 Å². The maximum Gasteiger partial charge on any atom is 0.344 e. The lowest BCUT2D eigenvalue weighted by atomic mass is 10.0. The Bertz CT molecular complexity index is 1360. The number of nitrogens with one attached hydrogen (secondary N) is 1. The van der Waals surface area contributed by atoms with Gasteiger partial charge in [0.05, 0.1) is 18.4 Å². The molecule has 170 valence electrons. The van der Waals surface area contributed by atoms with Crippen molar-refractivity contribution in [1.82, 2.24) is 5.43 Å². The van der Waals surface area contributed by atoms with E-state index in [9.17, 15) is 9.59 Å². The average Bonchev–Trinajstić information content (AvgIpc) is 2.85. The maximum absolute atomic E-state index is 12.9. The Kier molecular flexibility index (Phi) is 7.34. The third-order valence-electron chi connectivity index (χ3n) is 4.97. The number of carbonyl (C=O) groups excluding carboxylic acids is 2. The Morgan fingerprint density at radius 1 is 0.941 bits per heavy atom. The normalized spacial score (nSPS) is 10.9. The molecule has 0 aliphatic heterocycles. The van der Waals surface area contributed by atoms with Crippen LogP contribution < -0.4 is 14.9 Å². The smallest absolute Gasteiger partial charge is 0.344 e. The Labute approximate surface area is 205 Å². The molecule has 34 heavy (non-hydrogen) atoms. The molecule has 7 heteroatoms. The molecule has 4 rings (SSSR count). The van der Waals surface area contributed by atoms with Crippen LogP contribution >= 0.6 is 15.9 Å². The molecule has 6 nitrogen and oxygen atoms in total. The number of rotatable bonds is 7. The number of amides is 1. The van der Waals surface area contributed by atoms with Crippen LogP contribution in [0.1, 0.15) is 33.2 Å². The summed E-state index contributed by atoms with van der Waals surface area (Å²) in [5, 5.41) is 5.79. The van der Waals surface area contributed by atoms with Crippen LogP contribution in [-0.2, 0) is 0 Å². The topological polar surface area (TPSA) is 77.0 Å². The zero-order valence-electron chi connectivity index (χ0n) is 18.3. The number of ether oxygens (including phenoxy) is 2. The van der Waals surface area contributed by atoms with Crippen molar-refractivity contribution in [3.05, 3.63) is 106 Å². The number of carbonyl (C=O) groups is 2. The van der Waals surface area contributed by atoms with Crippen LogP contribution in [0.15, 0.2) is 94.5 Å². The largest absolute Gasteiger partial charge is 0.490 e. The van der Waals surface area contributed by atoms with E-state index in [2.05, 4.69) is 26.5 Å². The number of hydrogen-bond donors (Lipinski definition) is 1. The van der Waals surface area contributed by atoms with E-state index in [0.29, 0.717) is 34.8 Å². The van der Waals surface area contributed by atoms with Crippen molar-refractivity contribution in [2.24, 2.45) is 5.10 Å². The summed E-state index contributed by atoms with van der Waals surface area (Å²) in [4.78, 5) is 25.1. The molecule has 0 atom stereocenters. The van der Waals surface area contributed by atoms with Gasteiger partial charge in [-0.3, -0.25) is 4.79 Å². The van der Waals surface area contributed by atoms with Crippen molar-refractivity contribution in [2.45, 2.75) is 6.92 Å². The quantitative estimate of drug-likeness (QED) is 0.142. The van der Waals surface area contributed by atoms with Crippen molar-refractivity contribution in [3.8, 4) is 11.5 Å². The maximum atomic E-state index is 12.9. The third-order valence-corrected chi connectivity index (χ3v) is 5.49. The Morgan fingerprint density at radius 3 is 2.50 bits per heavy atom. The van der Waals surface area contributed by atoms with Crippen LogP contribution in [-0.4, -0.2) is 24.7 Å². The zero-order chi connectivity index (χ0) is 23.9. The van der Waals surface area contributed by atoms with E-state index in [0.717, 1.165) is 15.2 Å². The van der Waals surface area contributed by atoms with Gasteiger partial charge in [-0.05, 0) is 71.8 Å². The molecule has 1 amide bonds. The molecule has 0 saturated heterocycles. The van der Waals surface area contributed by atoms with Gasteiger partial charge in [-0.2, -0.15) is 5.10 Å². The van der Waals surface area contributed by atoms with Crippen molar-refractivity contribution >= 4 is 44.8 Å². The molecule has 0 saturated carbocycles. The van der Waals surface area contributed by atoms with Gasteiger partial charge in [0.25, 0.3) is 5.91 Å². The first-order valence-electron chi connectivity index (χ1n) is 10.6. The van der Waals surface area contributed by atoms with Gasteiger partial charge in [-0.15, -0.1) is 0 Å². The third kappa shape index (κ3) is 5.50. The fraction of sp³-hybridized carbons (Fsp3) is 0.0741. The minimum atomic E-state index is -0.471. The molecule has 0 fully saturated rings. The molecular weight excluding hydrogens is 496 g/mol. The van der Waals surface area contributed by atoms with Gasteiger partial charge in [0, 0.05) is 10.0 Å². The van der Waals surface area contributed by atoms with E-state index in [-0.39, 0.29) is 5.91 Å². The molecule has 0 radical (unpaired) electrons. The van der Waals surface area contributed by atoms with E-state index in [1.54, 1.807) is 48.5 Å². The molecule has 0 spiro atoms. The number of halogens is 1. The average molecular weight is 517 g/mol. The number of hydrazone groups is 1. The molecule has 0 aromatic heterocycles. The Morgan fingerprint density at radius 2 is 1.71 bits per heavy atom. The van der Waals surface area contributed by atoms with Crippen molar-refractivity contribution in [2.75, 3.05) is 6.61 Å². The van der Waals surface area contributed by atoms with Gasteiger partial charge in [0.15, 0.2) is 11.5 Å². The summed E-state index contributed by atoms with van der Waals surface area (Å²) in [6.07, 6.45) is 1.50. The second-order valence-corrected chi connectivity index (χ2v) is 8.18. The van der Waals surface area contributed by atoms with Gasteiger partial charge in [0.1, 0.15) is 0 Å². The summed E-state index contributed by atoms with van der Waals surface area (Å²) in [5.41, 5.74) is 4.13. The van der Waals surface area contributed by atoms with Crippen LogP contribution in [0, 0.1) is 0 Å². The number of esters is 1. The number of fused-ring (bicyclic) bond motifs is 1. The lowest BCUT2D eigenvalue weighted by molar-refractivity contribution is 0.0730. The van der Waals surface area contributed by atoms with Crippen LogP contribution in [0.2, 0.25) is 0 Å². The fourth-order valence-electron chi connectivity index (χ4n) is 3.35. The van der Waals surface area contributed by atoms with Crippen LogP contribution in [0.4, 0.5) is 0 Å². The summed E-state index contributed by atoms with van der Waals surface area (Å²) in [5.74, 6) is -0.0922. The van der Waals surface area contributed by atoms with Crippen LogP contribution in [0.25, 0.3) is 10.8 Å². The zero-order valence-corrected chi connectivity index (χ0v) is 19.9. The first-order valence-corrected chi connectivity index (χ1v) is 11.4. The summed E-state index contributed by atoms with van der Waals surface area (Å²) in [6.45, 7) is 2.23. The van der Waals surface area contributed by atoms with E-state index in [4.69, 9.17) is 9.47 Å². The van der Waals surface area contributed by atoms with E-state index >= 15 is 0 Å². The Balaban J connectivity index is 1.49. The van der Waals surface area contributed by atoms with Crippen LogP contribution in [0.5, 0.6) is 11.5 Å². The van der Waals surface area contributed by atoms with E-state index < -0.39 is 5.97 Å². The highest BCUT2D eigenvalue weighted by Crippen LogP contribution is 2.30. The van der Waals surface area contributed by atoms with E-state index in [1.165, 1.54) is 6.21 Å². The van der Waals surface area contributed by atoms with Gasteiger partial charge in [-0.25, -0.2) is 10.2 Å². The molecule has 0 heterocycles. The highest BCUT2D eigenvalue weighted by atomic mass is 79.9. The van der Waals surface area contributed by atoms with Gasteiger partial charge < -0.3 is 9.47 Å². The molecule has 4 aromatic carbocycles. The molecule has 1 N–H and O–H groups in total. The minimum Gasteiger partial charge on any atom is -0.490 e. The number of nitrogens with zero attached hydrogens (tertiary/aromatic N) is 1. The van der Waals surface area contributed by atoms with E-state index in [1.807, 2.05) is 43.3 Å². The van der Waals surface area contributed by atoms with Gasteiger partial charge in [0.2, 0.25) is 0 Å². The first kappa shape index (κ1) is 23.2. The molecule has 0 unspecified atom stereocenters. The molecule has 0 aliphatic rings. The number of hydrogen-bond acceptors (Lipinski definition) is 5. The summed E-state index contributed by atoms with van der Waals surface area (Å²) < 4.78 is 12.2. The summed E-state index contributed by atoms with van der Waals surface area (Å²) >= 11 is 3.34. The van der Waals surface area contributed by atoms with Crippen molar-refractivity contribution < 1.29 is 19.1 Å². The standard InChI is InChI=1S/C27H21BrN2O4/c1-2-33-25-16-18(17-29-30-26(31)20-11-13-21(28)14-12-20)10-15-24(25)34-27(32)23-9-5-7-19-6-3-4-8-22(19)23/h3-17H,2H2,1H3,(H,30,31)/b29-17+. The molecule has 4 aromatic rings. The highest BCUT2D eigenvalue weighted by molar-refractivity contribution is 9.10. The molecular formula is C27H21BrN2O4. The second kappa shape index (κ2) is 10.8. The highest BCUT2D eigenvalue weighted by Gasteiger charge is 2.15. The SMILES string of the molecule is CCOc1cc(/C=N/NC(=O)c2ccc(Br)cc2)ccc1OC(=O)c1cccc2ccccc12. The predicted molar refractivity (Wildman–Crippen MR) is 136 cm³/mol. The second-order valence-electron chi connectivity index (χ2n) is 7.26. The lowest BCUT2D eigenvalue weighted by Gasteiger charge is -2.12. The minimum absolute atomic E-state index is 0.302. The summed E-state index contributed by atoms with van der Waals surface area (Å²) in [6, 6.07) is 25.2. The molecule has 0 aliphatic carbocycles. The number of benzene rings is 4. The predicted octanol–water partition coefficient (Wildman–Crippen LogP) is 5.98. The first-order chi connectivity index (χ1) is 16.5. The molecule has 0 bridgehead atoms. The van der Waals surface area contributed by atoms with Crippen molar-refractivity contribution in [1.29, 1.82) is 0 Å². The monoisotopic (exact) mass is 516 g/mol. The summed E-state index contributed by atoms with van der Waals surface area (Å²) in [7, 11) is 0.